The average Bonchev–Trinajstić information content (AvgIpc) is 2.91. The van der Waals surface area contributed by atoms with Gasteiger partial charge in [-0.2, -0.15) is 0 Å². The van der Waals surface area contributed by atoms with E-state index in [9.17, 15) is 9.90 Å². The van der Waals surface area contributed by atoms with E-state index in [1.54, 1.807) is 12.4 Å². The molecule has 25 heavy (non-hydrogen) atoms. The largest absolute Gasteiger partial charge is 0.396 e. The van der Waals surface area contributed by atoms with Gasteiger partial charge in [-0.15, -0.1) is 0 Å². The van der Waals surface area contributed by atoms with Gasteiger partial charge in [0.1, 0.15) is 0 Å². The molecule has 1 N–H and O–H groups in total. The molecule has 1 aromatic rings. The molecule has 3 aliphatic rings. The molecule has 1 aromatic heterocycles. The molecule has 2 aliphatic heterocycles. The van der Waals surface area contributed by atoms with Crippen molar-refractivity contribution in [2.24, 2.45) is 11.3 Å². The van der Waals surface area contributed by atoms with Crippen molar-refractivity contribution < 1.29 is 9.90 Å². The molecule has 0 bridgehead atoms. The van der Waals surface area contributed by atoms with E-state index < -0.39 is 0 Å². The summed E-state index contributed by atoms with van der Waals surface area (Å²) in [5.74, 6) is 0.464. The van der Waals surface area contributed by atoms with Gasteiger partial charge in [0.15, 0.2) is 0 Å². The molecular formula is C20H29N3O2. The Hall–Kier alpha value is -1.46. The third-order valence-corrected chi connectivity index (χ3v) is 6.82. The minimum absolute atomic E-state index is 0.0976. The van der Waals surface area contributed by atoms with E-state index in [0.717, 1.165) is 50.6 Å². The van der Waals surface area contributed by atoms with E-state index in [1.165, 1.54) is 19.3 Å². The molecule has 1 spiro atoms. The Kier molecular flexibility index (Phi) is 4.54. The van der Waals surface area contributed by atoms with E-state index in [4.69, 9.17) is 0 Å². The first-order valence-corrected chi connectivity index (χ1v) is 9.67. The van der Waals surface area contributed by atoms with Gasteiger partial charge in [0.2, 0.25) is 0 Å². The predicted octanol–water partition coefficient (Wildman–Crippen LogP) is 2.09. The standard InChI is InChI=1S/C20H29N3O2/c1-15-9-16(11-21-10-15)19(25)22-7-5-20(6-8-22)14-23(12-17(20)13-24)18-3-2-4-18/h9-11,17-18,24H,2-8,12-14H2,1H3. The molecule has 1 aliphatic carbocycles. The van der Waals surface area contributed by atoms with Gasteiger partial charge in [-0.3, -0.25) is 14.7 Å². The van der Waals surface area contributed by atoms with E-state index in [1.807, 2.05) is 17.9 Å². The summed E-state index contributed by atoms with van der Waals surface area (Å²) in [5.41, 5.74) is 1.91. The van der Waals surface area contributed by atoms with Gasteiger partial charge in [-0.05, 0) is 49.7 Å². The van der Waals surface area contributed by atoms with Gasteiger partial charge >= 0.3 is 0 Å². The topological polar surface area (TPSA) is 56.7 Å². The lowest BCUT2D eigenvalue weighted by molar-refractivity contribution is 0.0385. The van der Waals surface area contributed by atoms with Gasteiger partial charge in [0.05, 0.1) is 5.56 Å². The maximum atomic E-state index is 12.8. The van der Waals surface area contributed by atoms with E-state index in [0.29, 0.717) is 11.5 Å². The highest BCUT2D eigenvalue weighted by Gasteiger charge is 2.49. The quantitative estimate of drug-likeness (QED) is 0.913. The van der Waals surface area contributed by atoms with Crippen LogP contribution in [0.2, 0.25) is 0 Å². The number of aromatic nitrogens is 1. The van der Waals surface area contributed by atoms with Crippen molar-refractivity contribution in [3.8, 4) is 0 Å². The summed E-state index contributed by atoms with van der Waals surface area (Å²) in [4.78, 5) is 21.5. The zero-order valence-electron chi connectivity index (χ0n) is 15.2. The first-order valence-electron chi connectivity index (χ1n) is 9.67. The van der Waals surface area contributed by atoms with Crippen LogP contribution in [0.15, 0.2) is 18.5 Å². The zero-order chi connectivity index (χ0) is 17.4. The average molecular weight is 343 g/mol. The smallest absolute Gasteiger partial charge is 0.255 e. The highest BCUT2D eigenvalue weighted by Crippen LogP contribution is 2.46. The van der Waals surface area contributed by atoms with Crippen LogP contribution in [-0.2, 0) is 0 Å². The number of amides is 1. The van der Waals surface area contributed by atoms with Gasteiger partial charge in [-0.25, -0.2) is 0 Å². The van der Waals surface area contributed by atoms with Crippen LogP contribution in [0.3, 0.4) is 0 Å². The van der Waals surface area contributed by atoms with Crippen LogP contribution in [0, 0.1) is 18.3 Å². The summed E-state index contributed by atoms with van der Waals surface area (Å²) in [7, 11) is 0. The summed E-state index contributed by atoms with van der Waals surface area (Å²) >= 11 is 0. The predicted molar refractivity (Wildman–Crippen MR) is 96.3 cm³/mol. The fraction of sp³-hybridized carbons (Fsp3) is 0.700. The Morgan fingerprint density at radius 3 is 2.68 bits per heavy atom. The summed E-state index contributed by atoms with van der Waals surface area (Å²) in [5, 5.41) is 9.94. The molecule has 3 heterocycles. The molecule has 1 amide bonds. The van der Waals surface area contributed by atoms with Gasteiger partial charge in [-0.1, -0.05) is 6.42 Å². The van der Waals surface area contributed by atoms with Crippen molar-refractivity contribution in [2.45, 2.75) is 45.1 Å². The molecule has 0 aromatic carbocycles. The number of nitrogens with zero attached hydrogens (tertiary/aromatic N) is 3. The second-order valence-electron chi connectivity index (χ2n) is 8.30. The van der Waals surface area contributed by atoms with E-state index in [2.05, 4.69) is 9.88 Å². The van der Waals surface area contributed by atoms with Crippen molar-refractivity contribution in [2.75, 3.05) is 32.8 Å². The highest BCUT2D eigenvalue weighted by molar-refractivity contribution is 5.94. The second-order valence-corrected chi connectivity index (χ2v) is 8.30. The SMILES string of the molecule is Cc1cncc(C(=O)N2CCC3(CC2)CN(C2CCC2)CC3CO)c1. The summed E-state index contributed by atoms with van der Waals surface area (Å²) in [6.45, 7) is 5.98. The molecule has 4 rings (SSSR count). The number of pyridine rings is 1. The highest BCUT2D eigenvalue weighted by atomic mass is 16.3. The Balaban J connectivity index is 1.42. The number of hydrogen-bond acceptors (Lipinski definition) is 4. The number of hydrogen-bond donors (Lipinski definition) is 1. The molecule has 136 valence electrons. The van der Waals surface area contributed by atoms with Crippen molar-refractivity contribution >= 4 is 5.91 Å². The number of aliphatic hydroxyl groups excluding tert-OH is 1. The summed E-state index contributed by atoms with van der Waals surface area (Å²) < 4.78 is 0. The van der Waals surface area contributed by atoms with Crippen molar-refractivity contribution in [1.29, 1.82) is 0 Å². The minimum Gasteiger partial charge on any atom is -0.396 e. The van der Waals surface area contributed by atoms with Crippen LogP contribution < -0.4 is 0 Å². The monoisotopic (exact) mass is 343 g/mol. The Labute approximate surface area is 150 Å². The third kappa shape index (κ3) is 3.08. The number of rotatable bonds is 3. The van der Waals surface area contributed by atoms with Crippen LogP contribution in [0.5, 0.6) is 0 Å². The Bertz CT molecular complexity index is 636. The lowest BCUT2D eigenvalue weighted by Crippen LogP contribution is -2.47. The van der Waals surface area contributed by atoms with Gasteiger partial charge < -0.3 is 10.0 Å². The van der Waals surface area contributed by atoms with Crippen LogP contribution in [0.4, 0.5) is 0 Å². The second kappa shape index (κ2) is 6.69. The molecule has 3 fully saturated rings. The fourth-order valence-electron chi connectivity index (χ4n) is 4.93. The number of carbonyl (C=O) groups is 1. The molecule has 5 nitrogen and oxygen atoms in total. The molecule has 5 heteroatoms. The van der Waals surface area contributed by atoms with Crippen LogP contribution >= 0.6 is 0 Å². The normalized spacial score (nSPS) is 26.8. The number of aliphatic hydroxyl groups is 1. The van der Waals surface area contributed by atoms with Crippen LogP contribution in [0.25, 0.3) is 0 Å². The van der Waals surface area contributed by atoms with Gasteiger partial charge in [0.25, 0.3) is 5.91 Å². The Morgan fingerprint density at radius 1 is 1.32 bits per heavy atom. The first kappa shape index (κ1) is 17.0. The van der Waals surface area contributed by atoms with Gasteiger partial charge in [0, 0.05) is 57.1 Å². The number of piperidine rings is 1. The lowest BCUT2D eigenvalue weighted by Gasteiger charge is -2.43. The van der Waals surface area contributed by atoms with Crippen molar-refractivity contribution in [1.82, 2.24) is 14.8 Å². The van der Waals surface area contributed by atoms with Crippen LogP contribution in [0.1, 0.15) is 48.0 Å². The lowest BCUT2D eigenvalue weighted by atomic mass is 9.71. The van der Waals surface area contributed by atoms with Crippen LogP contribution in [-0.4, -0.2) is 64.6 Å². The van der Waals surface area contributed by atoms with Crippen molar-refractivity contribution in [3.63, 3.8) is 0 Å². The third-order valence-electron chi connectivity index (χ3n) is 6.82. The molecule has 1 atom stereocenters. The van der Waals surface area contributed by atoms with E-state index in [-0.39, 0.29) is 17.9 Å². The maximum absolute atomic E-state index is 12.8. The molecule has 1 saturated carbocycles. The van der Waals surface area contributed by atoms with E-state index >= 15 is 0 Å². The zero-order valence-corrected chi connectivity index (χ0v) is 15.2. The number of likely N-dealkylation sites (tertiary alicyclic amines) is 2. The maximum Gasteiger partial charge on any atom is 0.255 e. The number of carbonyl (C=O) groups excluding carboxylic acids is 1. The first-order chi connectivity index (χ1) is 12.1. The summed E-state index contributed by atoms with van der Waals surface area (Å²) in [6.07, 6.45) is 9.45. The summed E-state index contributed by atoms with van der Waals surface area (Å²) in [6, 6.07) is 2.66. The molecule has 1 unspecified atom stereocenters. The van der Waals surface area contributed by atoms with Crippen molar-refractivity contribution in [3.05, 3.63) is 29.6 Å². The minimum atomic E-state index is 0.0976. The molecule has 2 saturated heterocycles. The fourth-order valence-corrected chi connectivity index (χ4v) is 4.93. The Morgan fingerprint density at radius 2 is 2.08 bits per heavy atom. The number of aryl methyl sites for hydroxylation is 1. The molecular weight excluding hydrogens is 314 g/mol. The molecule has 0 radical (unpaired) electrons.